The van der Waals surface area contributed by atoms with E-state index in [1.165, 1.54) is 12.1 Å². The first-order valence-corrected chi connectivity index (χ1v) is 9.19. The van der Waals surface area contributed by atoms with Crippen molar-refractivity contribution in [2.45, 2.75) is 0 Å². The van der Waals surface area contributed by atoms with Crippen molar-refractivity contribution >= 4 is 87.0 Å². The summed E-state index contributed by atoms with van der Waals surface area (Å²) < 4.78 is 0. The third-order valence-electron chi connectivity index (χ3n) is 4.17. The quantitative estimate of drug-likeness (QED) is 0.356. The van der Waals surface area contributed by atoms with Crippen molar-refractivity contribution < 1.29 is 14.4 Å². The second kappa shape index (κ2) is 6.40. The van der Waals surface area contributed by atoms with Gasteiger partial charge in [0.05, 0.1) is 42.5 Å². The molecule has 0 aromatic heterocycles. The summed E-state index contributed by atoms with van der Waals surface area (Å²) in [6.45, 7) is 0. The molecule has 0 spiro atoms. The first-order valence-electron chi connectivity index (χ1n) is 7.30. The highest BCUT2D eigenvalue weighted by Crippen LogP contribution is 2.49. The number of halogens is 5. The van der Waals surface area contributed by atoms with Crippen LogP contribution in [-0.2, 0) is 0 Å². The molecule has 1 aliphatic heterocycles. The molecule has 10 heteroatoms. The highest BCUT2D eigenvalue weighted by Gasteiger charge is 2.36. The Morgan fingerprint density at radius 3 is 2.00 bits per heavy atom. The van der Waals surface area contributed by atoms with E-state index in [0.29, 0.717) is 5.69 Å². The zero-order valence-electron chi connectivity index (χ0n) is 12.8. The predicted octanol–water partition coefficient (Wildman–Crippen LogP) is 5.40. The molecule has 0 saturated carbocycles. The Morgan fingerprint density at radius 2 is 1.33 bits per heavy atom. The average molecular weight is 463 g/mol. The number of imide groups is 1. The summed E-state index contributed by atoms with van der Waals surface area (Å²) in [5.74, 6) is -1.55. The van der Waals surface area contributed by atoms with Crippen LogP contribution in [0.2, 0.25) is 20.1 Å². The molecule has 2 aliphatic rings. The van der Waals surface area contributed by atoms with Gasteiger partial charge in [-0.1, -0.05) is 58.0 Å². The Balaban J connectivity index is 1.84. The Hall–Kier alpha value is -1.76. The standard InChI is InChI=1S/C17H5Cl5N2O3/c18-9-7-8(10(19)12(21)11(9)20)15(25)13(22)14(7)23-4-1-2-5-6(3-4)17(27)24-16(5)26/h1-3,23H,(H,24,26,27). The molecule has 2 amide bonds. The minimum Gasteiger partial charge on any atom is -0.354 e. The molecule has 0 fully saturated rings. The van der Waals surface area contributed by atoms with Crippen LogP contribution in [0.15, 0.2) is 23.2 Å². The molecule has 0 saturated heterocycles. The number of fused-ring (bicyclic) bond motifs is 2. The summed E-state index contributed by atoms with van der Waals surface area (Å²) in [4.78, 5) is 36.0. The number of benzene rings is 2. The van der Waals surface area contributed by atoms with Gasteiger partial charge in [-0.15, -0.1) is 0 Å². The van der Waals surface area contributed by atoms with Crippen LogP contribution in [0.4, 0.5) is 5.69 Å². The summed E-state index contributed by atoms with van der Waals surface area (Å²) in [6, 6.07) is 4.50. The van der Waals surface area contributed by atoms with Crippen molar-refractivity contribution in [1.29, 1.82) is 0 Å². The Morgan fingerprint density at radius 1 is 0.741 bits per heavy atom. The van der Waals surface area contributed by atoms with Crippen molar-refractivity contribution in [3.63, 3.8) is 0 Å². The maximum atomic E-state index is 12.5. The number of rotatable bonds is 2. The summed E-state index contributed by atoms with van der Waals surface area (Å²) >= 11 is 30.7. The molecule has 27 heavy (non-hydrogen) atoms. The molecule has 2 aromatic carbocycles. The van der Waals surface area contributed by atoms with Crippen LogP contribution in [-0.4, -0.2) is 17.6 Å². The highest BCUT2D eigenvalue weighted by molar-refractivity contribution is 6.58. The van der Waals surface area contributed by atoms with Crippen LogP contribution in [0, 0.1) is 0 Å². The van der Waals surface area contributed by atoms with Crippen LogP contribution in [0.3, 0.4) is 0 Å². The highest BCUT2D eigenvalue weighted by atomic mass is 35.5. The van der Waals surface area contributed by atoms with Gasteiger partial charge in [0.2, 0.25) is 5.78 Å². The Bertz CT molecular complexity index is 1140. The van der Waals surface area contributed by atoms with Gasteiger partial charge < -0.3 is 5.32 Å². The number of ketones is 1. The number of anilines is 1. The van der Waals surface area contributed by atoms with E-state index in [-0.39, 0.29) is 53.1 Å². The number of hydrogen-bond acceptors (Lipinski definition) is 4. The number of Topliss-reactive ketones (excluding diaryl/α,β-unsaturated/α-hetero) is 1. The van der Waals surface area contributed by atoms with Gasteiger partial charge in [0.1, 0.15) is 5.03 Å². The maximum absolute atomic E-state index is 12.5. The fraction of sp³-hybridized carbons (Fsp3) is 0. The fourth-order valence-corrected chi connectivity index (χ4v) is 4.19. The van der Waals surface area contributed by atoms with Gasteiger partial charge in [0, 0.05) is 11.3 Å². The smallest absolute Gasteiger partial charge is 0.259 e. The van der Waals surface area contributed by atoms with E-state index < -0.39 is 17.6 Å². The van der Waals surface area contributed by atoms with Crippen LogP contribution in [0.25, 0.3) is 5.70 Å². The number of hydrogen-bond donors (Lipinski definition) is 2. The van der Waals surface area contributed by atoms with Crippen molar-refractivity contribution in [3.05, 3.63) is 65.6 Å². The average Bonchev–Trinajstić information content (AvgIpc) is 3.06. The normalized spacial score (nSPS) is 15.2. The van der Waals surface area contributed by atoms with Gasteiger partial charge in [-0.2, -0.15) is 0 Å². The van der Waals surface area contributed by atoms with Crippen molar-refractivity contribution in [1.82, 2.24) is 5.32 Å². The molecule has 0 atom stereocenters. The molecule has 4 rings (SSSR count). The van der Waals surface area contributed by atoms with Crippen LogP contribution in [0.5, 0.6) is 0 Å². The first kappa shape index (κ1) is 18.6. The van der Waals surface area contributed by atoms with Crippen LogP contribution < -0.4 is 10.6 Å². The number of carbonyl (C=O) groups is 3. The zero-order valence-corrected chi connectivity index (χ0v) is 16.6. The second-order valence-electron chi connectivity index (χ2n) is 5.69. The summed E-state index contributed by atoms with van der Waals surface area (Å²) in [5, 5.41) is 4.88. The maximum Gasteiger partial charge on any atom is 0.259 e. The number of carbonyl (C=O) groups excluding carboxylic acids is 3. The van der Waals surface area contributed by atoms with E-state index in [1.54, 1.807) is 6.07 Å². The first-order chi connectivity index (χ1) is 12.7. The topological polar surface area (TPSA) is 75.3 Å². The Kier molecular flexibility index (Phi) is 4.41. The predicted molar refractivity (Wildman–Crippen MR) is 105 cm³/mol. The lowest BCUT2D eigenvalue weighted by molar-refractivity contribution is 0.0879. The van der Waals surface area contributed by atoms with Gasteiger partial charge >= 0.3 is 0 Å². The second-order valence-corrected chi connectivity index (χ2v) is 7.58. The molecule has 0 bridgehead atoms. The number of allylic oxidation sites excluding steroid dienone is 1. The minimum absolute atomic E-state index is 0.0144. The van der Waals surface area contributed by atoms with Crippen LogP contribution in [0.1, 0.15) is 36.6 Å². The van der Waals surface area contributed by atoms with E-state index >= 15 is 0 Å². The van der Waals surface area contributed by atoms with Crippen molar-refractivity contribution in [2.75, 3.05) is 5.32 Å². The van der Waals surface area contributed by atoms with E-state index in [4.69, 9.17) is 58.0 Å². The van der Waals surface area contributed by atoms with Gasteiger partial charge in [-0.25, -0.2) is 0 Å². The van der Waals surface area contributed by atoms with Crippen molar-refractivity contribution in [2.24, 2.45) is 0 Å². The molecular formula is C17H5Cl5N2O3. The molecule has 5 nitrogen and oxygen atoms in total. The molecule has 1 aliphatic carbocycles. The van der Waals surface area contributed by atoms with Crippen molar-refractivity contribution in [3.8, 4) is 0 Å². The molecule has 136 valence electrons. The van der Waals surface area contributed by atoms with Gasteiger partial charge in [-0.05, 0) is 18.2 Å². The summed E-state index contributed by atoms with van der Waals surface area (Å²) in [6.07, 6.45) is 0. The molecule has 0 unspecified atom stereocenters. The summed E-state index contributed by atoms with van der Waals surface area (Å²) in [5.41, 5.74) is 1.29. The van der Waals surface area contributed by atoms with E-state index in [2.05, 4.69) is 10.6 Å². The Labute approximate surface area is 177 Å². The lowest BCUT2D eigenvalue weighted by atomic mass is 10.1. The molecular weight excluding hydrogens is 457 g/mol. The van der Waals surface area contributed by atoms with Gasteiger partial charge in [0.15, 0.2) is 0 Å². The minimum atomic E-state index is -0.561. The van der Waals surface area contributed by atoms with Crippen LogP contribution >= 0.6 is 58.0 Å². The van der Waals surface area contributed by atoms with E-state index in [9.17, 15) is 14.4 Å². The van der Waals surface area contributed by atoms with Gasteiger partial charge in [0.25, 0.3) is 11.8 Å². The monoisotopic (exact) mass is 460 g/mol. The molecule has 0 radical (unpaired) electrons. The fourth-order valence-electron chi connectivity index (χ4n) is 2.92. The number of amides is 2. The third kappa shape index (κ3) is 2.65. The molecule has 2 N–H and O–H groups in total. The third-order valence-corrected chi connectivity index (χ3v) is 6.33. The lowest BCUT2D eigenvalue weighted by Gasteiger charge is -2.14. The lowest BCUT2D eigenvalue weighted by Crippen LogP contribution is -2.19. The number of nitrogens with one attached hydrogen (secondary N) is 2. The molecule has 1 heterocycles. The van der Waals surface area contributed by atoms with E-state index in [0.717, 1.165) is 0 Å². The summed E-state index contributed by atoms with van der Waals surface area (Å²) in [7, 11) is 0. The zero-order chi connectivity index (χ0) is 19.6. The van der Waals surface area contributed by atoms with Gasteiger partial charge in [-0.3, -0.25) is 19.7 Å². The molecule has 2 aromatic rings. The largest absolute Gasteiger partial charge is 0.354 e. The SMILES string of the molecule is O=C1NC(=O)c2cc(NC3=C(Cl)C(=O)c4c(Cl)c(Cl)c(Cl)c(Cl)c43)ccc21. The van der Waals surface area contributed by atoms with E-state index in [1.807, 2.05) is 0 Å².